The second-order valence-corrected chi connectivity index (χ2v) is 6.35. The van der Waals surface area contributed by atoms with Crippen LogP contribution in [0.3, 0.4) is 0 Å². The van der Waals surface area contributed by atoms with E-state index >= 15 is 0 Å². The molecule has 1 atom stereocenters. The summed E-state index contributed by atoms with van der Waals surface area (Å²) in [4.78, 5) is 15.2. The highest BCUT2D eigenvalue weighted by molar-refractivity contribution is 6.08. The fraction of sp³-hybridized carbons (Fsp3) is 0.562. The third kappa shape index (κ3) is 1.79. The van der Waals surface area contributed by atoms with Gasteiger partial charge in [0.2, 0.25) is 0 Å². The predicted octanol–water partition coefficient (Wildman–Crippen LogP) is 3.04. The van der Waals surface area contributed by atoms with Crippen molar-refractivity contribution in [3.05, 3.63) is 24.3 Å². The van der Waals surface area contributed by atoms with E-state index in [0.717, 1.165) is 37.3 Å². The van der Waals surface area contributed by atoms with Gasteiger partial charge in [-0.3, -0.25) is 5.32 Å². The van der Waals surface area contributed by atoms with Crippen LogP contribution in [0.25, 0.3) is 0 Å². The van der Waals surface area contributed by atoms with E-state index in [-0.39, 0.29) is 12.1 Å². The number of hydrogen-bond donors (Lipinski definition) is 1. The quantitative estimate of drug-likeness (QED) is 0.841. The van der Waals surface area contributed by atoms with Gasteiger partial charge in [-0.2, -0.15) is 0 Å². The molecule has 0 spiro atoms. The zero-order chi connectivity index (χ0) is 14.3. The number of benzene rings is 1. The lowest BCUT2D eigenvalue weighted by Gasteiger charge is -2.44. The van der Waals surface area contributed by atoms with Crippen LogP contribution >= 0.6 is 0 Å². The number of nitrogens with zero attached hydrogens (tertiary/aromatic N) is 2. The number of carbonyl (C=O) groups is 1. The number of fused-ring (bicyclic) bond motifs is 1. The van der Waals surface area contributed by atoms with Gasteiger partial charge in [0.15, 0.2) is 5.69 Å². The Labute approximate surface area is 121 Å². The first kappa shape index (κ1) is 13.6. The maximum Gasteiger partial charge on any atom is 0.426 e. The number of rotatable bonds is 2. The summed E-state index contributed by atoms with van der Waals surface area (Å²) < 4.78 is 0.476. The molecule has 2 heterocycles. The smallest absolute Gasteiger partial charge is 0.306 e. The fourth-order valence-electron chi connectivity index (χ4n) is 3.92. The van der Waals surface area contributed by atoms with Crippen LogP contribution < -0.4 is 9.80 Å². The summed E-state index contributed by atoms with van der Waals surface area (Å²) in [7, 11) is 2.16. The van der Waals surface area contributed by atoms with Gasteiger partial charge in [-0.05, 0) is 27.0 Å². The fourth-order valence-corrected chi connectivity index (χ4v) is 3.92. The Hall–Kier alpha value is -1.39. The van der Waals surface area contributed by atoms with Gasteiger partial charge in [-0.25, -0.2) is 9.28 Å². The van der Waals surface area contributed by atoms with Crippen molar-refractivity contribution >= 4 is 17.4 Å². The van der Waals surface area contributed by atoms with Gasteiger partial charge < -0.3 is 4.90 Å². The largest absolute Gasteiger partial charge is 0.426 e. The molecular weight excluding hydrogens is 250 g/mol. The molecule has 0 radical (unpaired) electrons. The van der Waals surface area contributed by atoms with Crippen molar-refractivity contribution in [2.24, 2.45) is 0 Å². The number of piperidine rings is 1. The second-order valence-electron chi connectivity index (χ2n) is 6.35. The molecular formula is C16H24N3O+. The van der Waals surface area contributed by atoms with Gasteiger partial charge >= 0.3 is 6.03 Å². The lowest BCUT2D eigenvalue weighted by molar-refractivity contribution is 0.127. The van der Waals surface area contributed by atoms with Gasteiger partial charge in [-0.1, -0.05) is 12.1 Å². The highest BCUT2D eigenvalue weighted by atomic mass is 16.2. The minimum absolute atomic E-state index is 0.149. The number of nitrogens with one attached hydrogen (secondary N) is 1. The standard InChI is InChI=1S/C16H23N3O/c1-12(2)19(13-8-10-18(3)11-9-13)15-7-5-4-6-14(15)17-16(19)20/h4-7,12-13H,8-11H2,1-3H3/p+1. The first-order valence-electron chi connectivity index (χ1n) is 7.55. The van der Waals surface area contributed by atoms with Crippen molar-refractivity contribution in [3.8, 4) is 0 Å². The Balaban J connectivity index is 2.07. The van der Waals surface area contributed by atoms with Crippen molar-refractivity contribution in [1.82, 2.24) is 9.38 Å². The molecule has 1 unspecified atom stereocenters. The van der Waals surface area contributed by atoms with E-state index in [2.05, 4.69) is 37.2 Å². The molecule has 4 heteroatoms. The van der Waals surface area contributed by atoms with Crippen LogP contribution in [0, 0.1) is 0 Å². The zero-order valence-electron chi connectivity index (χ0n) is 12.6. The molecule has 0 saturated carbocycles. The minimum Gasteiger partial charge on any atom is -0.306 e. The first-order chi connectivity index (χ1) is 9.56. The van der Waals surface area contributed by atoms with Crippen molar-refractivity contribution < 1.29 is 4.79 Å². The number of quaternary nitrogens is 1. The molecule has 1 aromatic rings. The monoisotopic (exact) mass is 274 g/mol. The van der Waals surface area contributed by atoms with Crippen LogP contribution in [-0.2, 0) is 0 Å². The topological polar surface area (TPSA) is 32.3 Å². The molecule has 2 amide bonds. The molecule has 4 nitrogen and oxygen atoms in total. The van der Waals surface area contributed by atoms with Crippen LogP contribution in [0.15, 0.2) is 24.3 Å². The lowest BCUT2D eigenvalue weighted by Crippen LogP contribution is -2.65. The van der Waals surface area contributed by atoms with E-state index in [0.29, 0.717) is 10.5 Å². The molecule has 1 aromatic carbocycles. The summed E-state index contributed by atoms with van der Waals surface area (Å²) in [6.07, 6.45) is 2.16. The average molecular weight is 274 g/mol. The Morgan fingerprint density at radius 3 is 2.55 bits per heavy atom. The Kier molecular flexibility index (Phi) is 3.30. The van der Waals surface area contributed by atoms with Gasteiger partial charge in [0.05, 0.1) is 6.04 Å². The van der Waals surface area contributed by atoms with E-state index in [9.17, 15) is 4.79 Å². The lowest BCUT2D eigenvalue weighted by atomic mass is 9.97. The van der Waals surface area contributed by atoms with Crippen molar-refractivity contribution in [2.45, 2.75) is 38.8 Å². The van der Waals surface area contributed by atoms with E-state index in [4.69, 9.17) is 0 Å². The van der Waals surface area contributed by atoms with Crippen LogP contribution in [0.4, 0.5) is 16.2 Å². The molecule has 1 fully saturated rings. The van der Waals surface area contributed by atoms with Gasteiger partial charge in [-0.15, -0.1) is 0 Å². The van der Waals surface area contributed by atoms with E-state index < -0.39 is 0 Å². The van der Waals surface area contributed by atoms with Crippen molar-refractivity contribution in [1.29, 1.82) is 0 Å². The maximum absolute atomic E-state index is 12.8. The van der Waals surface area contributed by atoms with Gasteiger partial charge in [0, 0.05) is 32.0 Å². The molecule has 0 bridgehead atoms. The molecule has 108 valence electrons. The highest BCUT2D eigenvalue weighted by Gasteiger charge is 2.54. The molecule has 20 heavy (non-hydrogen) atoms. The number of amides is 2. The molecule has 2 aliphatic rings. The van der Waals surface area contributed by atoms with Crippen molar-refractivity contribution in [3.63, 3.8) is 0 Å². The second kappa shape index (κ2) is 4.86. The summed E-state index contributed by atoms with van der Waals surface area (Å²) in [5.41, 5.74) is 2.15. The minimum atomic E-state index is 0.149. The molecule has 3 rings (SSSR count). The van der Waals surface area contributed by atoms with Crippen LogP contribution in [-0.4, -0.2) is 43.2 Å². The maximum atomic E-state index is 12.8. The van der Waals surface area contributed by atoms with E-state index in [1.807, 2.05) is 18.2 Å². The summed E-state index contributed by atoms with van der Waals surface area (Å²) in [6.45, 7) is 6.49. The van der Waals surface area contributed by atoms with Gasteiger partial charge in [0.25, 0.3) is 0 Å². The van der Waals surface area contributed by atoms with Crippen LogP contribution in [0.2, 0.25) is 0 Å². The predicted molar refractivity (Wildman–Crippen MR) is 82.9 cm³/mol. The Morgan fingerprint density at radius 1 is 1.25 bits per heavy atom. The molecule has 0 aliphatic carbocycles. The number of carbonyl (C=O) groups excluding carboxylic acids is 1. The number of urea groups is 1. The zero-order valence-corrected chi connectivity index (χ0v) is 12.6. The summed E-state index contributed by atoms with van der Waals surface area (Å²) >= 11 is 0. The van der Waals surface area contributed by atoms with Gasteiger partial charge in [0.1, 0.15) is 11.7 Å². The third-order valence-electron chi connectivity index (χ3n) is 4.96. The first-order valence-corrected chi connectivity index (χ1v) is 7.55. The van der Waals surface area contributed by atoms with Crippen molar-refractivity contribution in [2.75, 3.05) is 25.5 Å². The number of hydrogen-bond acceptors (Lipinski definition) is 2. The normalized spacial score (nSPS) is 27.7. The average Bonchev–Trinajstić information content (AvgIpc) is 2.73. The summed E-state index contributed by atoms with van der Waals surface area (Å²) in [5.74, 6) is 0. The van der Waals surface area contributed by atoms with E-state index in [1.165, 1.54) is 0 Å². The molecule has 0 aromatic heterocycles. The molecule has 2 aliphatic heterocycles. The summed E-state index contributed by atoms with van der Waals surface area (Å²) in [6, 6.07) is 8.96. The highest BCUT2D eigenvalue weighted by Crippen LogP contribution is 2.44. The number of anilines is 1. The van der Waals surface area contributed by atoms with E-state index in [1.54, 1.807) is 0 Å². The summed E-state index contributed by atoms with van der Waals surface area (Å²) in [5, 5.41) is 3.10. The number of para-hydroxylation sites is 2. The SMILES string of the molecule is CC(C)[N+]1(C2CCN(C)CC2)C(=O)Nc2ccccc21. The molecule has 1 saturated heterocycles. The Bertz CT molecular complexity index is 520. The molecule has 1 N–H and O–H groups in total. The Morgan fingerprint density at radius 2 is 1.90 bits per heavy atom. The van der Waals surface area contributed by atoms with Crippen LogP contribution in [0.1, 0.15) is 26.7 Å². The third-order valence-corrected chi connectivity index (χ3v) is 4.96. The number of likely N-dealkylation sites (tertiary alicyclic amines) is 1. The van der Waals surface area contributed by atoms with Crippen LogP contribution in [0.5, 0.6) is 0 Å².